The fourth-order valence-corrected chi connectivity index (χ4v) is 2.89. The standard InChI is InChI=1S/C17H27NO/c1-3-5-7-13(4-2)12-19-17-9-6-8-14-15(17)10-11-16(14)18/h6,8-9,13,16H,3-5,7,10-12,18H2,1-2H3. The van der Waals surface area contributed by atoms with Gasteiger partial charge < -0.3 is 10.5 Å². The maximum Gasteiger partial charge on any atom is 0.122 e. The Kier molecular flexibility index (Phi) is 5.26. The van der Waals surface area contributed by atoms with E-state index in [0.29, 0.717) is 5.92 Å². The van der Waals surface area contributed by atoms with Crippen LogP contribution >= 0.6 is 0 Å². The lowest BCUT2D eigenvalue weighted by atomic mass is 10.0. The van der Waals surface area contributed by atoms with E-state index in [1.807, 2.05) is 0 Å². The van der Waals surface area contributed by atoms with Gasteiger partial charge in [-0.2, -0.15) is 0 Å². The summed E-state index contributed by atoms with van der Waals surface area (Å²) in [6, 6.07) is 6.53. The molecular formula is C17H27NO. The van der Waals surface area contributed by atoms with Crippen molar-refractivity contribution in [2.75, 3.05) is 6.61 Å². The fraction of sp³-hybridized carbons (Fsp3) is 0.647. The minimum atomic E-state index is 0.209. The van der Waals surface area contributed by atoms with E-state index in [1.165, 1.54) is 36.8 Å². The highest BCUT2D eigenvalue weighted by Gasteiger charge is 2.22. The van der Waals surface area contributed by atoms with Crippen LogP contribution in [0.15, 0.2) is 18.2 Å². The normalized spacial score (nSPS) is 19.2. The first-order chi connectivity index (χ1) is 9.26. The predicted molar refractivity (Wildman–Crippen MR) is 80.5 cm³/mol. The van der Waals surface area contributed by atoms with Gasteiger partial charge in [0.2, 0.25) is 0 Å². The summed E-state index contributed by atoms with van der Waals surface area (Å²) in [5.41, 5.74) is 8.75. The number of nitrogens with two attached hydrogens (primary N) is 1. The van der Waals surface area contributed by atoms with E-state index in [9.17, 15) is 0 Å². The molecule has 19 heavy (non-hydrogen) atoms. The molecule has 1 aromatic carbocycles. The van der Waals surface area contributed by atoms with Crippen LogP contribution in [0.1, 0.15) is 63.1 Å². The van der Waals surface area contributed by atoms with Gasteiger partial charge in [-0.1, -0.05) is 45.2 Å². The SMILES string of the molecule is CCCCC(CC)COc1cccc2c1CCC2N. The molecule has 2 atom stereocenters. The van der Waals surface area contributed by atoms with Crippen LogP contribution in [-0.4, -0.2) is 6.61 Å². The lowest BCUT2D eigenvalue weighted by Gasteiger charge is -2.17. The Hall–Kier alpha value is -1.02. The number of ether oxygens (including phenoxy) is 1. The highest BCUT2D eigenvalue weighted by Crippen LogP contribution is 2.35. The molecule has 0 saturated carbocycles. The van der Waals surface area contributed by atoms with Crippen molar-refractivity contribution in [3.63, 3.8) is 0 Å². The molecule has 0 bridgehead atoms. The van der Waals surface area contributed by atoms with Crippen LogP contribution in [0.25, 0.3) is 0 Å². The van der Waals surface area contributed by atoms with Gasteiger partial charge in [0.1, 0.15) is 5.75 Å². The molecule has 0 heterocycles. The first kappa shape index (κ1) is 14.4. The van der Waals surface area contributed by atoms with Crippen LogP contribution in [0.4, 0.5) is 0 Å². The maximum absolute atomic E-state index is 6.11. The third kappa shape index (κ3) is 3.50. The summed E-state index contributed by atoms with van der Waals surface area (Å²) in [6.45, 7) is 5.36. The van der Waals surface area contributed by atoms with Crippen molar-refractivity contribution in [2.24, 2.45) is 11.7 Å². The number of benzene rings is 1. The quantitative estimate of drug-likeness (QED) is 0.797. The van der Waals surface area contributed by atoms with Gasteiger partial charge in [0.15, 0.2) is 0 Å². The zero-order chi connectivity index (χ0) is 13.7. The number of hydrogen-bond donors (Lipinski definition) is 1. The van der Waals surface area contributed by atoms with Gasteiger partial charge in [0.05, 0.1) is 6.61 Å². The van der Waals surface area contributed by atoms with Crippen LogP contribution in [0.3, 0.4) is 0 Å². The molecule has 0 fully saturated rings. The molecule has 0 spiro atoms. The van der Waals surface area contributed by atoms with Gasteiger partial charge >= 0.3 is 0 Å². The smallest absolute Gasteiger partial charge is 0.122 e. The molecule has 1 aliphatic rings. The molecule has 0 radical (unpaired) electrons. The Bertz CT molecular complexity index is 402. The van der Waals surface area contributed by atoms with Crippen molar-refractivity contribution in [3.05, 3.63) is 29.3 Å². The van der Waals surface area contributed by atoms with Crippen molar-refractivity contribution >= 4 is 0 Å². The van der Waals surface area contributed by atoms with Crippen LogP contribution in [-0.2, 0) is 6.42 Å². The lowest BCUT2D eigenvalue weighted by molar-refractivity contribution is 0.231. The van der Waals surface area contributed by atoms with Crippen molar-refractivity contribution in [1.29, 1.82) is 0 Å². The molecule has 0 aromatic heterocycles. The lowest BCUT2D eigenvalue weighted by Crippen LogP contribution is -2.12. The van der Waals surface area contributed by atoms with Gasteiger partial charge in [-0.25, -0.2) is 0 Å². The Morgan fingerprint density at radius 1 is 1.37 bits per heavy atom. The van der Waals surface area contributed by atoms with Crippen LogP contribution < -0.4 is 10.5 Å². The van der Waals surface area contributed by atoms with Crippen LogP contribution in [0.2, 0.25) is 0 Å². The Labute approximate surface area is 117 Å². The number of unbranched alkanes of at least 4 members (excludes halogenated alkanes) is 1. The van der Waals surface area contributed by atoms with Gasteiger partial charge in [-0.05, 0) is 42.4 Å². The molecule has 2 N–H and O–H groups in total. The first-order valence-corrected chi connectivity index (χ1v) is 7.76. The predicted octanol–water partition coefficient (Wildman–Crippen LogP) is 4.23. The second-order valence-electron chi connectivity index (χ2n) is 5.70. The highest BCUT2D eigenvalue weighted by molar-refractivity contribution is 5.44. The molecular weight excluding hydrogens is 234 g/mol. The van der Waals surface area contributed by atoms with Crippen molar-refractivity contribution < 1.29 is 4.74 Å². The van der Waals surface area contributed by atoms with E-state index in [4.69, 9.17) is 10.5 Å². The van der Waals surface area contributed by atoms with E-state index in [2.05, 4.69) is 32.0 Å². The summed E-state index contributed by atoms with van der Waals surface area (Å²) in [4.78, 5) is 0. The molecule has 2 heteroatoms. The van der Waals surface area contributed by atoms with Crippen molar-refractivity contribution in [1.82, 2.24) is 0 Å². The van der Waals surface area contributed by atoms with Gasteiger partial charge in [-0.3, -0.25) is 0 Å². The molecule has 2 rings (SSSR count). The molecule has 106 valence electrons. The minimum Gasteiger partial charge on any atom is -0.493 e. The third-order valence-corrected chi connectivity index (χ3v) is 4.29. The molecule has 1 aliphatic carbocycles. The van der Waals surface area contributed by atoms with E-state index < -0.39 is 0 Å². The summed E-state index contributed by atoms with van der Waals surface area (Å²) in [5.74, 6) is 1.76. The second-order valence-corrected chi connectivity index (χ2v) is 5.70. The van der Waals surface area contributed by atoms with Gasteiger partial charge in [0, 0.05) is 6.04 Å². The number of fused-ring (bicyclic) bond motifs is 1. The number of hydrogen-bond acceptors (Lipinski definition) is 2. The first-order valence-electron chi connectivity index (χ1n) is 7.76. The summed E-state index contributed by atoms with van der Waals surface area (Å²) in [7, 11) is 0. The highest BCUT2D eigenvalue weighted by atomic mass is 16.5. The topological polar surface area (TPSA) is 35.2 Å². The molecule has 2 nitrogen and oxygen atoms in total. The van der Waals surface area contributed by atoms with Crippen LogP contribution in [0, 0.1) is 5.92 Å². The molecule has 2 unspecified atom stereocenters. The molecule has 0 amide bonds. The average molecular weight is 261 g/mol. The summed E-state index contributed by atoms with van der Waals surface area (Å²) < 4.78 is 6.09. The van der Waals surface area contributed by atoms with E-state index in [-0.39, 0.29) is 6.04 Å². The molecule has 0 saturated heterocycles. The van der Waals surface area contributed by atoms with Crippen LogP contribution in [0.5, 0.6) is 5.75 Å². The van der Waals surface area contributed by atoms with Gasteiger partial charge in [0.25, 0.3) is 0 Å². The van der Waals surface area contributed by atoms with E-state index in [0.717, 1.165) is 25.2 Å². The van der Waals surface area contributed by atoms with Crippen molar-refractivity contribution in [2.45, 2.75) is 58.4 Å². The minimum absolute atomic E-state index is 0.209. The average Bonchev–Trinajstić information content (AvgIpc) is 2.82. The molecule has 0 aliphatic heterocycles. The van der Waals surface area contributed by atoms with Gasteiger partial charge in [-0.15, -0.1) is 0 Å². The largest absolute Gasteiger partial charge is 0.493 e. The summed E-state index contributed by atoms with van der Waals surface area (Å²) in [6.07, 6.45) is 7.18. The Balaban J connectivity index is 1.96. The number of rotatable bonds is 7. The van der Waals surface area contributed by atoms with E-state index >= 15 is 0 Å². The zero-order valence-corrected chi connectivity index (χ0v) is 12.3. The summed E-state index contributed by atoms with van der Waals surface area (Å²) >= 11 is 0. The summed E-state index contributed by atoms with van der Waals surface area (Å²) in [5, 5.41) is 0. The Morgan fingerprint density at radius 3 is 2.95 bits per heavy atom. The fourth-order valence-electron chi connectivity index (χ4n) is 2.89. The maximum atomic E-state index is 6.11. The second kappa shape index (κ2) is 6.95. The zero-order valence-electron chi connectivity index (χ0n) is 12.3. The van der Waals surface area contributed by atoms with Crippen molar-refractivity contribution in [3.8, 4) is 5.75 Å². The monoisotopic (exact) mass is 261 g/mol. The molecule has 1 aromatic rings. The Morgan fingerprint density at radius 2 is 2.21 bits per heavy atom. The third-order valence-electron chi connectivity index (χ3n) is 4.29. The van der Waals surface area contributed by atoms with E-state index in [1.54, 1.807) is 0 Å².